The summed E-state index contributed by atoms with van der Waals surface area (Å²) in [6, 6.07) is 9.26. The van der Waals surface area contributed by atoms with Crippen molar-refractivity contribution < 1.29 is 14.3 Å². The third kappa shape index (κ3) is 4.19. The van der Waals surface area contributed by atoms with Gasteiger partial charge in [-0.15, -0.1) is 0 Å². The fourth-order valence-electron chi connectivity index (χ4n) is 2.19. The Morgan fingerprint density at radius 1 is 1.30 bits per heavy atom. The number of thiocarbonyl (C=S) groups is 1. The highest BCUT2D eigenvalue weighted by Gasteiger charge is 2.41. The molecular formula is C16H21N3O3S. The van der Waals surface area contributed by atoms with E-state index in [9.17, 15) is 9.59 Å². The number of hydrogen-bond acceptors (Lipinski definition) is 4. The van der Waals surface area contributed by atoms with E-state index in [1.165, 1.54) is 0 Å². The number of ether oxygens (including phenoxy) is 1. The van der Waals surface area contributed by atoms with E-state index in [2.05, 4.69) is 5.43 Å². The third-order valence-corrected chi connectivity index (χ3v) is 3.70. The van der Waals surface area contributed by atoms with Crippen molar-refractivity contribution in [3.63, 3.8) is 0 Å². The van der Waals surface area contributed by atoms with Crippen LogP contribution in [-0.2, 0) is 16.1 Å². The Morgan fingerprint density at radius 3 is 2.48 bits per heavy atom. The summed E-state index contributed by atoms with van der Waals surface area (Å²) in [4.78, 5) is 26.0. The van der Waals surface area contributed by atoms with Gasteiger partial charge in [0.1, 0.15) is 11.6 Å². The van der Waals surface area contributed by atoms with Gasteiger partial charge in [-0.3, -0.25) is 4.79 Å². The molecule has 0 aromatic heterocycles. The van der Waals surface area contributed by atoms with Crippen LogP contribution < -0.4 is 5.43 Å². The first-order valence-corrected chi connectivity index (χ1v) is 7.78. The number of benzene rings is 1. The predicted molar refractivity (Wildman–Crippen MR) is 90.3 cm³/mol. The number of nitrogens with one attached hydrogen (secondary N) is 1. The molecule has 1 aliphatic heterocycles. The van der Waals surface area contributed by atoms with Gasteiger partial charge in [-0.25, -0.2) is 10.2 Å². The smallest absolute Gasteiger partial charge is 0.427 e. The van der Waals surface area contributed by atoms with Gasteiger partial charge in [0.05, 0.1) is 0 Å². The van der Waals surface area contributed by atoms with Gasteiger partial charge in [0.25, 0.3) is 5.91 Å². The van der Waals surface area contributed by atoms with Crippen molar-refractivity contribution in [2.75, 3.05) is 0 Å². The average molecular weight is 335 g/mol. The van der Waals surface area contributed by atoms with Crippen molar-refractivity contribution in [1.29, 1.82) is 0 Å². The van der Waals surface area contributed by atoms with Crippen molar-refractivity contribution in [2.45, 2.75) is 45.9 Å². The van der Waals surface area contributed by atoms with Gasteiger partial charge in [-0.05, 0) is 45.5 Å². The van der Waals surface area contributed by atoms with Gasteiger partial charge in [0, 0.05) is 6.54 Å². The number of hydrazine groups is 1. The molecule has 1 heterocycles. The summed E-state index contributed by atoms with van der Waals surface area (Å²) in [6.45, 7) is 7.51. The number of hydrogen-bond donors (Lipinski definition) is 1. The molecule has 1 atom stereocenters. The second-order valence-corrected chi connectivity index (χ2v) is 6.72. The van der Waals surface area contributed by atoms with Gasteiger partial charge in [-0.1, -0.05) is 30.3 Å². The Labute approximate surface area is 141 Å². The zero-order valence-electron chi connectivity index (χ0n) is 13.7. The first-order valence-electron chi connectivity index (χ1n) is 7.37. The summed E-state index contributed by atoms with van der Waals surface area (Å²) >= 11 is 5.34. The van der Waals surface area contributed by atoms with Crippen LogP contribution >= 0.6 is 12.2 Å². The molecule has 0 bridgehead atoms. The van der Waals surface area contributed by atoms with Gasteiger partial charge in [-0.2, -0.15) is 5.01 Å². The first-order chi connectivity index (χ1) is 10.7. The number of carbonyl (C=O) groups is 2. The van der Waals surface area contributed by atoms with Crippen molar-refractivity contribution in [1.82, 2.24) is 15.3 Å². The SMILES string of the molecule is CC1C(=O)N(NC(=O)OC(C)(C)C)C(=S)N1Cc1ccccc1. The zero-order chi connectivity index (χ0) is 17.2. The standard InChI is InChI=1S/C16H21N3O3S/c1-11-13(20)19(17-14(21)22-16(2,3)4)15(23)18(11)10-12-8-6-5-7-9-12/h5-9,11H,10H2,1-4H3,(H,17,21). The largest absolute Gasteiger partial charge is 0.443 e. The molecular weight excluding hydrogens is 314 g/mol. The van der Waals surface area contributed by atoms with Gasteiger partial charge in [0.15, 0.2) is 5.11 Å². The van der Waals surface area contributed by atoms with Crippen LogP contribution in [0.3, 0.4) is 0 Å². The maximum Gasteiger partial charge on any atom is 0.427 e. The first kappa shape index (κ1) is 17.2. The van der Waals surface area contributed by atoms with Gasteiger partial charge >= 0.3 is 6.09 Å². The average Bonchev–Trinajstić information content (AvgIpc) is 2.64. The van der Waals surface area contributed by atoms with E-state index in [4.69, 9.17) is 17.0 Å². The van der Waals surface area contributed by atoms with E-state index in [1.807, 2.05) is 30.3 Å². The van der Waals surface area contributed by atoms with Crippen molar-refractivity contribution in [3.8, 4) is 0 Å². The molecule has 1 unspecified atom stereocenters. The van der Waals surface area contributed by atoms with E-state index in [1.54, 1.807) is 32.6 Å². The molecule has 1 aromatic carbocycles. The Balaban J connectivity index is 2.07. The zero-order valence-corrected chi connectivity index (χ0v) is 14.5. The molecule has 0 radical (unpaired) electrons. The van der Waals surface area contributed by atoms with Crippen LogP contribution in [0.4, 0.5) is 4.79 Å². The maximum absolute atomic E-state index is 12.3. The number of rotatable bonds is 3. The molecule has 2 amide bonds. The molecule has 1 aliphatic rings. The highest BCUT2D eigenvalue weighted by atomic mass is 32.1. The Hall–Kier alpha value is -2.15. The number of nitrogens with zero attached hydrogens (tertiary/aromatic N) is 2. The Kier molecular flexibility index (Phi) is 4.89. The van der Waals surface area contributed by atoms with Crippen LogP contribution in [-0.4, -0.2) is 38.7 Å². The lowest BCUT2D eigenvalue weighted by molar-refractivity contribution is -0.129. The number of amides is 2. The van der Waals surface area contributed by atoms with Crippen LogP contribution in [0.15, 0.2) is 30.3 Å². The minimum atomic E-state index is -0.707. The molecule has 0 spiro atoms. The summed E-state index contributed by atoms with van der Waals surface area (Å²) in [5.74, 6) is -0.281. The lowest BCUT2D eigenvalue weighted by atomic mass is 10.2. The number of carbonyl (C=O) groups excluding carboxylic acids is 2. The van der Waals surface area contributed by atoms with Crippen LogP contribution in [0.25, 0.3) is 0 Å². The normalized spacial score (nSPS) is 18.3. The summed E-state index contributed by atoms with van der Waals surface area (Å²) in [5.41, 5.74) is 2.81. The molecule has 0 aliphatic carbocycles. The van der Waals surface area contributed by atoms with Crippen LogP contribution in [0, 0.1) is 0 Å². The maximum atomic E-state index is 12.3. The van der Waals surface area contributed by atoms with Crippen molar-refractivity contribution in [2.24, 2.45) is 0 Å². The fraction of sp³-hybridized carbons (Fsp3) is 0.438. The van der Waals surface area contributed by atoms with E-state index in [0.29, 0.717) is 6.54 Å². The van der Waals surface area contributed by atoms with Crippen molar-refractivity contribution >= 4 is 29.3 Å². The second kappa shape index (κ2) is 6.54. The minimum absolute atomic E-state index is 0.261. The molecule has 7 heteroatoms. The summed E-state index contributed by atoms with van der Waals surface area (Å²) in [6.07, 6.45) is -0.707. The Bertz CT molecular complexity index is 613. The highest BCUT2D eigenvalue weighted by Crippen LogP contribution is 2.19. The molecule has 23 heavy (non-hydrogen) atoms. The molecule has 1 N–H and O–H groups in total. The lowest BCUT2D eigenvalue weighted by Gasteiger charge is -2.24. The highest BCUT2D eigenvalue weighted by molar-refractivity contribution is 7.80. The third-order valence-electron chi connectivity index (χ3n) is 3.28. The van der Waals surface area contributed by atoms with Gasteiger partial charge < -0.3 is 9.64 Å². The Morgan fingerprint density at radius 2 is 1.91 bits per heavy atom. The molecule has 2 rings (SSSR count). The molecule has 1 fully saturated rings. The van der Waals surface area contributed by atoms with Crippen molar-refractivity contribution in [3.05, 3.63) is 35.9 Å². The molecule has 0 saturated carbocycles. The fourth-order valence-corrected chi connectivity index (χ4v) is 2.55. The molecule has 6 nitrogen and oxygen atoms in total. The molecule has 124 valence electrons. The van der Waals surface area contributed by atoms with Crippen LogP contribution in [0.5, 0.6) is 0 Å². The van der Waals surface area contributed by atoms with E-state index in [0.717, 1.165) is 10.6 Å². The van der Waals surface area contributed by atoms with Crippen LogP contribution in [0.2, 0.25) is 0 Å². The second-order valence-electron chi connectivity index (χ2n) is 6.36. The monoisotopic (exact) mass is 335 g/mol. The summed E-state index contributed by atoms with van der Waals surface area (Å²) < 4.78 is 5.16. The van der Waals surface area contributed by atoms with Gasteiger partial charge in [0.2, 0.25) is 0 Å². The van der Waals surface area contributed by atoms with E-state index >= 15 is 0 Å². The summed E-state index contributed by atoms with van der Waals surface area (Å²) in [5, 5.41) is 1.34. The summed E-state index contributed by atoms with van der Waals surface area (Å²) in [7, 11) is 0. The molecule has 1 saturated heterocycles. The molecule has 1 aromatic rings. The lowest BCUT2D eigenvalue weighted by Crippen LogP contribution is -2.48. The minimum Gasteiger partial charge on any atom is -0.443 e. The van der Waals surface area contributed by atoms with E-state index < -0.39 is 17.7 Å². The topological polar surface area (TPSA) is 61.9 Å². The van der Waals surface area contributed by atoms with E-state index in [-0.39, 0.29) is 11.0 Å². The quantitative estimate of drug-likeness (QED) is 0.860. The van der Waals surface area contributed by atoms with Crippen LogP contribution in [0.1, 0.15) is 33.3 Å². The predicted octanol–water partition coefficient (Wildman–Crippen LogP) is 2.44.